The number of amides is 2. The number of rotatable bonds is 6. The van der Waals surface area contributed by atoms with Gasteiger partial charge in [-0.05, 0) is 30.7 Å². The maximum Gasteiger partial charge on any atom is 0.317 e. The zero-order valence-electron chi connectivity index (χ0n) is 12.1. The number of hydrogen-bond donors (Lipinski definition) is 2. The van der Waals surface area contributed by atoms with E-state index in [2.05, 4.69) is 10.4 Å². The number of urea groups is 1. The van der Waals surface area contributed by atoms with Crippen LogP contribution in [0.3, 0.4) is 0 Å². The minimum Gasteiger partial charge on any atom is -0.395 e. The number of nitrogens with one attached hydrogen (secondary N) is 1. The Morgan fingerprint density at radius 3 is 2.71 bits per heavy atom. The fraction of sp³-hybridized carbons (Fsp3) is 0.333. The quantitative estimate of drug-likeness (QED) is 0.844. The van der Waals surface area contributed by atoms with Gasteiger partial charge in [-0.1, -0.05) is 12.1 Å². The van der Waals surface area contributed by atoms with Crippen LogP contribution in [0.1, 0.15) is 12.5 Å². The molecule has 0 saturated heterocycles. The zero-order valence-corrected chi connectivity index (χ0v) is 12.1. The fourth-order valence-electron chi connectivity index (χ4n) is 2.00. The lowest BCUT2D eigenvalue weighted by molar-refractivity contribution is 0.180. The lowest BCUT2D eigenvalue weighted by atomic mass is 10.2. The van der Waals surface area contributed by atoms with E-state index in [9.17, 15) is 4.79 Å². The van der Waals surface area contributed by atoms with Gasteiger partial charge < -0.3 is 15.3 Å². The molecule has 0 aliphatic heterocycles. The van der Waals surface area contributed by atoms with Crippen LogP contribution in [0.2, 0.25) is 0 Å². The molecule has 0 saturated carbocycles. The lowest BCUT2D eigenvalue weighted by Crippen LogP contribution is -2.41. The molecule has 2 amide bonds. The van der Waals surface area contributed by atoms with Crippen molar-refractivity contribution in [3.8, 4) is 5.69 Å². The first-order valence-corrected chi connectivity index (χ1v) is 6.97. The van der Waals surface area contributed by atoms with Gasteiger partial charge in [0.1, 0.15) is 0 Å². The SMILES string of the molecule is CCN(CCO)C(=O)NCc1ccc(-n2cccn2)cc1. The van der Waals surface area contributed by atoms with Gasteiger partial charge in [-0.25, -0.2) is 9.48 Å². The summed E-state index contributed by atoms with van der Waals surface area (Å²) in [7, 11) is 0. The summed E-state index contributed by atoms with van der Waals surface area (Å²) in [4.78, 5) is 13.4. The van der Waals surface area contributed by atoms with Crippen molar-refractivity contribution in [2.24, 2.45) is 0 Å². The van der Waals surface area contributed by atoms with E-state index in [4.69, 9.17) is 5.11 Å². The molecule has 0 fully saturated rings. The van der Waals surface area contributed by atoms with Gasteiger partial charge in [-0.2, -0.15) is 5.10 Å². The van der Waals surface area contributed by atoms with Gasteiger partial charge in [0.2, 0.25) is 0 Å². The Hall–Kier alpha value is -2.34. The number of aromatic nitrogens is 2. The molecular weight excluding hydrogens is 268 g/mol. The van der Waals surface area contributed by atoms with Gasteiger partial charge in [0.05, 0.1) is 12.3 Å². The average Bonchev–Trinajstić information content (AvgIpc) is 3.05. The van der Waals surface area contributed by atoms with Crippen LogP contribution in [0.5, 0.6) is 0 Å². The topological polar surface area (TPSA) is 70.4 Å². The second kappa shape index (κ2) is 7.44. The van der Waals surface area contributed by atoms with Crippen molar-refractivity contribution in [1.29, 1.82) is 0 Å². The molecule has 6 nitrogen and oxygen atoms in total. The second-order valence-corrected chi connectivity index (χ2v) is 4.58. The van der Waals surface area contributed by atoms with Gasteiger partial charge in [-0.3, -0.25) is 0 Å². The molecule has 2 aromatic rings. The lowest BCUT2D eigenvalue weighted by Gasteiger charge is -2.20. The monoisotopic (exact) mass is 288 g/mol. The minimum atomic E-state index is -0.164. The number of aliphatic hydroxyl groups excluding tert-OH is 1. The summed E-state index contributed by atoms with van der Waals surface area (Å²) in [5.41, 5.74) is 1.99. The summed E-state index contributed by atoms with van der Waals surface area (Å²) < 4.78 is 1.78. The Bertz CT molecular complexity index is 552. The van der Waals surface area contributed by atoms with E-state index in [1.165, 1.54) is 0 Å². The van der Waals surface area contributed by atoms with E-state index in [0.717, 1.165) is 11.3 Å². The molecule has 112 valence electrons. The van der Waals surface area contributed by atoms with Crippen molar-refractivity contribution in [2.45, 2.75) is 13.5 Å². The second-order valence-electron chi connectivity index (χ2n) is 4.58. The molecule has 1 aromatic carbocycles. The Morgan fingerprint density at radius 2 is 2.14 bits per heavy atom. The van der Waals surface area contributed by atoms with Crippen molar-refractivity contribution < 1.29 is 9.90 Å². The molecular formula is C15H20N4O2. The van der Waals surface area contributed by atoms with E-state index in [0.29, 0.717) is 19.6 Å². The van der Waals surface area contributed by atoms with Crippen LogP contribution in [0.15, 0.2) is 42.7 Å². The number of nitrogens with zero attached hydrogens (tertiary/aromatic N) is 3. The smallest absolute Gasteiger partial charge is 0.317 e. The maximum absolute atomic E-state index is 11.9. The largest absolute Gasteiger partial charge is 0.395 e. The molecule has 0 radical (unpaired) electrons. The average molecular weight is 288 g/mol. The summed E-state index contributed by atoms with van der Waals surface area (Å²) in [5.74, 6) is 0. The molecule has 6 heteroatoms. The first-order valence-electron chi connectivity index (χ1n) is 6.97. The number of aliphatic hydroxyl groups is 1. The van der Waals surface area contributed by atoms with Crippen LogP contribution in [-0.2, 0) is 6.54 Å². The van der Waals surface area contributed by atoms with E-state index >= 15 is 0 Å². The molecule has 0 bridgehead atoms. The third kappa shape index (κ3) is 4.06. The third-order valence-corrected chi connectivity index (χ3v) is 3.19. The highest BCUT2D eigenvalue weighted by atomic mass is 16.3. The van der Waals surface area contributed by atoms with Gasteiger partial charge in [0.15, 0.2) is 0 Å². The van der Waals surface area contributed by atoms with Crippen molar-refractivity contribution in [2.75, 3.05) is 19.7 Å². The van der Waals surface area contributed by atoms with Crippen molar-refractivity contribution in [3.63, 3.8) is 0 Å². The van der Waals surface area contributed by atoms with Crippen LogP contribution in [0.25, 0.3) is 5.69 Å². The Labute approximate surface area is 124 Å². The van der Waals surface area contributed by atoms with Gasteiger partial charge >= 0.3 is 6.03 Å². The van der Waals surface area contributed by atoms with Crippen LogP contribution < -0.4 is 5.32 Å². The molecule has 1 heterocycles. The summed E-state index contributed by atoms with van der Waals surface area (Å²) in [6.07, 6.45) is 3.61. The fourth-order valence-corrected chi connectivity index (χ4v) is 2.00. The molecule has 0 unspecified atom stereocenters. The molecule has 0 spiro atoms. The number of benzene rings is 1. The van der Waals surface area contributed by atoms with Crippen LogP contribution in [-0.4, -0.2) is 45.5 Å². The van der Waals surface area contributed by atoms with Crippen molar-refractivity contribution >= 4 is 6.03 Å². The van der Waals surface area contributed by atoms with Crippen LogP contribution >= 0.6 is 0 Å². The Morgan fingerprint density at radius 1 is 1.38 bits per heavy atom. The predicted molar refractivity (Wildman–Crippen MR) is 80.1 cm³/mol. The van der Waals surface area contributed by atoms with E-state index in [-0.39, 0.29) is 12.6 Å². The van der Waals surface area contributed by atoms with E-state index in [1.807, 2.05) is 43.5 Å². The first kappa shape index (κ1) is 15.1. The molecule has 0 aliphatic carbocycles. The molecule has 2 N–H and O–H groups in total. The highest BCUT2D eigenvalue weighted by molar-refractivity contribution is 5.74. The Balaban J connectivity index is 1.90. The Kier molecular flexibility index (Phi) is 5.34. The summed E-state index contributed by atoms with van der Waals surface area (Å²) >= 11 is 0. The van der Waals surface area contributed by atoms with Gasteiger partial charge in [0, 0.05) is 32.0 Å². The zero-order chi connectivity index (χ0) is 15.1. The standard InChI is InChI=1S/C15H20N4O2/c1-2-18(10-11-20)15(21)16-12-13-4-6-14(7-5-13)19-9-3-8-17-19/h3-9,20H,2,10-12H2,1H3,(H,16,21). The van der Waals surface area contributed by atoms with Gasteiger partial charge in [0.25, 0.3) is 0 Å². The number of carbonyl (C=O) groups is 1. The number of carbonyl (C=O) groups excluding carboxylic acids is 1. The number of hydrogen-bond acceptors (Lipinski definition) is 3. The summed E-state index contributed by atoms with van der Waals surface area (Å²) in [6.45, 7) is 3.24. The highest BCUT2D eigenvalue weighted by Crippen LogP contribution is 2.08. The van der Waals surface area contributed by atoms with Crippen molar-refractivity contribution in [3.05, 3.63) is 48.3 Å². The predicted octanol–water partition coefficient (Wildman–Crippen LogP) is 1.40. The minimum absolute atomic E-state index is 0.0279. The normalized spacial score (nSPS) is 10.4. The molecule has 21 heavy (non-hydrogen) atoms. The molecule has 0 atom stereocenters. The van der Waals surface area contributed by atoms with Crippen LogP contribution in [0, 0.1) is 0 Å². The van der Waals surface area contributed by atoms with E-state index in [1.54, 1.807) is 15.8 Å². The van der Waals surface area contributed by atoms with Crippen molar-refractivity contribution in [1.82, 2.24) is 20.0 Å². The van der Waals surface area contributed by atoms with Crippen LogP contribution in [0.4, 0.5) is 4.79 Å². The number of likely N-dealkylation sites (N-methyl/N-ethyl adjacent to an activating group) is 1. The van der Waals surface area contributed by atoms with E-state index < -0.39 is 0 Å². The summed E-state index contributed by atoms with van der Waals surface area (Å²) in [6, 6.07) is 9.54. The highest BCUT2D eigenvalue weighted by Gasteiger charge is 2.09. The molecule has 0 aliphatic rings. The van der Waals surface area contributed by atoms with Gasteiger partial charge in [-0.15, -0.1) is 0 Å². The summed E-state index contributed by atoms with van der Waals surface area (Å²) in [5, 5.41) is 15.9. The first-order chi connectivity index (χ1) is 10.2. The third-order valence-electron chi connectivity index (χ3n) is 3.19. The maximum atomic E-state index is 11.9. The molecule has 2 rings (SSSR count). The molecule has 1 aromatic heterocycles.